The van der Waals surface area contributed by atoms with Crippen LogP contribution in [0.1, 0.15) is 31.9 Å². The first-order chi connectivity index (χ1) is 10.7. The van der Waals surface area contributed by atoms with E-state index in [4.69, 9.17) is 0 Å². The first-order valence-electron chi connectivity index (χ1n) is 7.60. The lowest BCUT2D eigenvalue weighted by Gasteiger charge is -2.22. The number of alkyl halides is 3. The van der Waals surface area contributed by atoms with Gasteiger partial charge in [-0.05, 0) is 41.8 Å². The van der Waals surface area contributed by atoms with Crippen molar-refractivity contribution >= 4 is 45.9 Å². The zero-order chi connectivity index (χ0) is 17.5. The normalized spacial score (nSPS) is 12.0. The molecule has 0 bridgehead atoms. The topological polar surface area (TPSA) is 32.6 Å². The van der Waals surface area contributed by atoms with Crippen molar-refractivity contribution in [2.45, 2.75) is 38.9 Å². The monoisotopic (exact) mass is 524 g/mol. The summed E-state index contributed by atoms with van der Waals surface area (Å²) in [7, 11) is 3.88. The van der Waals surface area contributed by atoms with E-state index in [1.807, 2.05) is 42.7 Å². The van der Waals surface area contributed by atoms with Crippen molar-refractivity contribution in [1.82, 2.24) is 14.8 Å². The van der Waals surface area contributed by atoms with Crippen LogP contribution >= 0.6 is 39.9 Å². The van der Waals surface area contributed by atoms with Crippen LogP contribution in [0.15, 0.2) is 21.7 Å². The number of nitrogens with one attached hydrogen (secondary N) is 1. The van der Waals surface area contributed by atoms with Crippen LogP contribution in [0.2, 0.25) is 0 Å². The van der Waals surface area contributed by atoms with Gasteiger partial charge in [-0.1, -0.05) is 0 Å². The number of nitrogens with zero attached hydrogens (tertiary/aromatic N) is 3. The van der Waals surface area contributed by atoms with E-state index >= 15 is 0 Å². The number of aliphatic imine (C=N–C) groups is 1. The summed E-state index contributed by atoms with van der Waals surface area (Å²) in [6, 6.07) is 2.03. The lowest BCUT2D eigenvalue weighted by atomic mass is 10.2. The predicted octanol–water partition coefficient (Wildman–Crippen LogP) is 4.54. The second-order valence-electron chi connectivity index (χ2n) is 5.42. The summed E-state index contributed by atoms with van der Waals surface area (Å²) in [5.41, 5.74) is 1.11. The Labute approximate surface area is 167 Å². The third-order valence-electron chi connectivity index (χ3n) is 3.30. The number of aromatic nitrogens is 1. The molecule has 24 heavy (non-hydrogen) atoms. The summed E-state index contributed by atoms with van der Waals surface area (Å²) < 4.78 is 39.4. The Morgan fingerprint density at radius 2 is 2.04 bits per heavy atom. The van der Waals surface area contributed by atoms with Crippen LogP contribution in [-0.4, -0.2) is 41.7 Å². The highest BCUT2D eigenvalue weighted by atomic mass is 127. The first-order valence-corrected chi connectivity index (χ1v) is 8.39. The van der Waals surface area contributed by atoms with Crippen LogP contribution in [0.4, 0.5) is 13.2 Å². The third-order valence-corrected chi connectivity index (χ3v) is 3.73. The molecule has 1 aromatic heterocycles. The SMILES string of the molecule is CCNC(=NCCCCC(F)(F)F)N(C)Cc1cc(Br)cn1C.I. The van der Waals surface area contributed by atoms with Gasteiger partial charge in [-0.2, -0.15) is 13.2 Å². The van der Waals surface area contributed by atoms with Gasteiger partial charge in [-0.25, -0.2) is 0 Å². The lowest BCUT2D eigenvalue weighted by Crippen LogP contribution is -2.38. The highest BCUT2D eigenvalue weighted by molar-refractivity contribution is 14.0. The molecule has 0 fully saturated rings. The Hall–Kier alpha value is -0.450. The number of hydrogen-bond acceptors (Lipinski definition) is 1. The van der Waals surface area contributed by atoms with Gasteiger partial charge in [-0.15, -0.1) is 24.0 Å². The molecule has 1 heterocycles. The molecule has 1 N–H and O–H groups in total. The number of aryl methyl sites for hydroxylation is 1. The molecule has 0 amide bonds. The van der Waals surface area contributed by atoms with E-state index < -0.39 is 12.6 Å². The van der Waals surface area contributed by atoms with Crippen LogP contribution in [0, 0.1) is 0 Å². The molecule has 0 unspecified atom stereocenters. The zero-order valence-corrected chi connectivity index (χ0v) is 18.1. The maximum absolute atomic E-state index is 12.1. The number of guanidine groups is 1. The first kappa shape index (κ1) is 23.5. The van der Waals surface area contributed by atoms with Crippen molar-refractivity contribution in [3.8, 4) is 0 Å². The Bertz CT molecular complexity index is 517. The van der Waals surface area contributed by atoms with E-state index in [2.05, 4.69) is 26.2 Å². The van der Waals surface area contributed by atoms with E-state index in [0.717, 1.165) is 10.2 Å². The van der Waals surface area contributed by atoms with Gasteiger partial charge in [0.15, 0.2) is 5.96 Å². The largest absolute Gasteiger partial charge is 0.389 e. The maximum Gasteiger partial charge on any atom is 0.389 e. The fourth-order valence-corrected chi connectivity index (χ4v) is 2.70. The Kier molecular flexibility index (Phi) is 11.0. The quantitative estimate of drug-likeness (QED) is 0.246. The molecule has 0 aliphatic rings. The minimum atomic E-state index is -4.08. The van der Waals surface area contributed by atoms with E-state index in [0.29, 0.717) is 32.0 Å². The molecule has 0 saturated heterocycles. The number of unbranched alkanes of at least 4 members (excludes halogenated alkanes) is 1. The molecule has 1 aromatic rings. The van der Waals surface area contributed by atoms with Crippen LogP contribution in [0.25, 0.3) is 0 Å². The predicted molar refractivity (Wildman–Crippen MR) is 106 cm³/mol. The van der Waals surface area contributed by atoms with E-state index in [-0.39, 0.29) is 30.4 Å². The molecule has 0 saturated carbocycles. The summed E-state index contributed by atoms with van der Waals surface area (Å²) in [6.45, 7) is 3.73. The van der Waals surface area contributed by atoms with Gasteiger partial charge in [0.25, 0.3) is 0 Å². The Morgan fingerprint density at radius 3 is 2.54 bits per heavy atom. The second-order valence-corrected chi connectivity index (χ2v) is 6.34. The fraction of sp³-hybridized carbons (Fsp3) is 0.667. The molecule has 0 aliphatic carbocycles. The summed E-state index contributed by atoms with van der Waals surface area (Å²) in [5, 5.41) is 3.17. The van der Waals surface area contributed by atoms with Gasteiger partial charge in [0, 0.05) is 50.0 Å². The smallest absolute Gasteiger partial charge is 0.357 e. The van der Waals surface area contributed by atoms with Gasteiger partial charge in [0.05, 0.1) is 6.54 Å². The van der Waals surface area contributed by atoms with Crippen molar-refractivity contribution in [3.05, 3.63) is 22.4 Å². The molecule has 9 heteroatoms. The van der Waals surface area contributed by atoms with Crippen molar-refractivity contribution in [3.63, 3.8) is 0 Å². The van der Waals surface area contributed by atoms with Crippen molar-refractivity contribution in [2.75, 3.05) is 20.1 Å². The van der Waals surface area contributed by atoms with Gasteiger partial charge in [-0.3, -0.25) is 4.99 Å². The average Bonchev–Trinajstić information content (AvgIpc) is 2.74. The number of rotatable bonds is 7. The Morgan fingerprint density at radius 1 is 1.38 bits per heavy atom. The number of hydrogen-bond donors (Lipinski definition) is 1. The van der Waals surface area contributed by atoms with Crippen molar-refractivity contribution < 1.29 is 13.2 Å². The average molecular weight is 525 g/mol. The standard InChI is InChI=1S/C15H24BrF3N4.HI/c1-4-20-14(21-8-6-5-7-15(17,18)19)23(3)11-13-9-12(16)10-22(13)2;/h9-10H,4-8,11H2,1-3H3,(H,20,21);1H. The minimum Gasteiger partial charge on any atom is -0.357 e. The van der Waals surface area contributed by atoms with Crippen LogP contribution < -0.4 is 5.32 Å². The molecule has 0 atom stereocenters. The minimum absolute atomic E-state index is 0. The van der Waals surface area contributed by atoms with Crippen LogP contribution in [0.3, 0.4) is 0 Å². The van der Waals surface area contributed by atoms with Crippen LogP contribution in [0.5, 0.6) is 0 Å². The van der Waals surface area contributed by atoms with Gasteiger partial charge in [0.1, 0.15) is 0 Å². The molecule has 140 valence electrons. The van der Waals surface area contributed by atoms with E-state index in [1.165, 1.54) is 0 Å². The molecule has 4 nitrogen and oxygen atoms in total. The summed E-state index contributed by atoms with van der Waals surface area (Å²) >= 11 is 3.44. The fourth-order valence-electron chi connectivity index (χ4n) is 2.13. The zero-order valence-electron chi connectivity index (χ0n) is 14.2. The summed E-state index contributed by atoms with van der Waals surface area (Å²) in [4.78, 5) is 6.38. The number of halogens is 5. The molecule has 0 aliphatic heterocycles. The summed E-state index contributed by atoms with van der Waals surface area (Å²) in [6.07, 6.45) is -2.31. The molecular formula is C15H25BrF3IN4. The highest BCUT2D eigenvalue weighted by Gasteiger charge is 2.25. The van der Waals surface area contributed by atoms with Gasteiger partial charge >= 0.3 is 6.18 Å². The molecule has 0 radical (unpaired) electrons. The third kappa shape index (κ3) is 9.14. The van der Waals surface area contributed by atoms with Gasteiger partial charge < -0.3 is 14.8 Å². The van der Waals surface area contributed by atoms with Gasteiger partial charge in [0.2, 0.25) is 0 Å². The van der Waals surface area contributed by atoms with Crippen molar-refractivity contribution in [1.29, 1.82) is 0 Å². The molecule has 0 aromatic carbocycles. The molecule has 0 spiro atoms. The van der Waals surface area contributed by atoms with E-state index in [9.17, 15) is 13.2 Å². The van der Waals surface area contributed by atoms with E-state index in [1.54, 1.807) is 0 Å². The Balaban J connectivity index is 0.00000529. The second kappa shape index (κ2) is 11.2. The highest BCUT2D eigenvalue weighted by Crippen LogP contribution is 2.22. The summed E-state index contributed by atoms with van der Waals surface area (Å²) in [5.74, 6) is 0.705. The molecule has 1 rings (SSSR count). The lowest BCUT2D eigenvalue weighted by molar-refractivity contribution is -0.135. The molecular weight excluding hydrogens is 500 g/mol. The maximum atomic E-state index is 12.1. The van der Waals surface area contributed by atoms with Crippen molar-refractivity contribution in [2.24, 2.45) is 12.0 Å². The van der Waals surface area contributed by atoms with Crippen LogP contribution in [-0.2, 0) is 13.6 Å².